The van der Waals surface area contributed by atoms with Gasteiger partial charge in [-0.1, -0.05) is 6.07 Å². The van der Waals surface area contributed by atoms with Gasteiger partial charge in [-0.2, -0.15) is 0 Å². The molecule has 1 amide bonds. The summed E-state index contributed by atoms with van der Waals surface area (Å²) in [6.45, 7) is 2.01. The van der Waals surface area contributed by atoms with Gasteiger partial charge in [-0.25, -0.2) is 0 Å². The smallest absolute Gasteiger partial charge is 0.207 e. The Morgan fingerprint density at radius 1 is 1.30 bits per heavy atom. The fourth-order valence-electron chi connectivity index (χ4n) is 6.74. The van der Waals surface area contributed by atoms with Crippen molar-refractivity contribution in [1.82, 2.24) is 10.2 Å². The van der Waals surface area contributed by atoms with Gasteiger partial charge in [-0.05, 0) is 62.6 Å². The quantitative estimate of drug-likeness (QED) is 0.691. The van der Waals surface area contributed by atoms with Crippen LogP contribution < -0.4 is 10.1 Å². The van der Waals surface area contributed by atoms with Crippen LogP contribution in [0.2, 0.25) is 0 Å². The molecule has 1 aromatic carbocycles. The molecule has 1 spiro atoms. The van der Waals surface area contributed by atoms with Gasteiger partial charge in [0.1, 0.15) is 6.10 Å². The van der Waals surface area contributed by atoms with E-state index >= 15 is 0 Å². The number of aromatic hydroxyl groups is 1. The molecule has 3 fully saturated rings. The van der Waals surface area contributed by atoms with Crippen LogP contribution in [0.15, 0.2) is 12.1 Å². The highest BCUT2D eigenvalue weighted by Gasteiger charge is 2.73. The van der Waals surface area contributed by atoms with Crippen molar-refractivity contribution in [3.05, 3.63) is 23.3 Å². The molecule has 6 rings (SSSR count). The maximum Gasteiger partial charge on any atom is 0.207 e. The van der Waals surface area contributed by atoms with Crippen LogP contribution in [0.3, 0.4) is 0 Å². The summed E-state index contributed by atoms with van der Waals surface area (Å²) in [6.07, 6.45) is 5.97. The van der Waals surface area contributed by atoms with Crippen LogP contribution in [0.4, 0.5) is 0 Å². The third-order valence-corrected chi connectivity index (χ3v) is 8.04. The lowest BCUT2D eigenvalue weighted by Crippen LogP contribution is -2.78. The van der Waals surface area contributed by atoms with E-state index in [1.165, 1.54) is 18.4 Å². The molecule has 6 nitrogen and oxygen atoms in total. The van der Waals surface area contributed by atoms with E-state index in [-0.39, 0.29) is 23.9 Å². The van der Waals surface area contributed by atoms with Crippen molar-refractivity contribution in [2.75, 3.05) is 13.1 Å². The Bertz CT molecular complexity index is 825. The highest BCUT2D eigenvalue weighted by atomic mass is 16.5. The summed E-state index contributed by atoms with van der Waals surface area (Å²) >= 11 is 0. The van der Waals surface area contributed by atoms with Crippen molar-refractivity contribution in [1.29, 1.82) is 0 Å². The second-order valence-electron chi connectivity index (χ2n) is 9.22. The summed E-state index contributed by atoms with van der Waals surface area (Å²) in [6, 6.07) is 3.66. The lowest BCUT2D eigenvalue weighted by atomic mass is 9.48. The molecular formula is C21H26N2O4. The van der Waals surface area contributed by atoms with Gasteiger partial charge >= 0.3 is 0 Å². The van der Waals surface area contributed by atoms with E-state index in [1.807, 2.05) is 6.07 Å². The van der Waals surface area contributed by atoms with Crippen molar-refractivity contribution in [3.63, 3.8) is 0 Å². The van der Waals surface area contributed by atoms with E-state index in [2.05, 4.69) is 10.2 Å². The first-order chi connectivity index (χ1) is 13.1. The number of nitrogens with zero attached hydrogens (tertiary/aromatic N) is 1. The molecule has 1 aromatic rings. The molecule has 3 N–H and O–H groups in total. The van der Waals surface area contributed by atoms with Crippen LogP contribution in [-0.2, 0) is 16.6 Å². The molecule has 0 unspecified atom stereocenters. The van der Waals surface area contributed by atoms with Crippen LogP contribution in [-0.4, -0.2) is 58.4 Å². The maximum atomic E-state index is 12.2. The second kappa shape index (κ2) is 5.17. The Hall–Kier alpha value is -1.79. The van der Waals surface area contributed by atoms with Gasteiger partial charge in [0.15, 0.2) is 11.5 Å². The van der Waals surface area contributed by atoms with E-state index < -0.39 is 11.0 Å². The molecule has 2 saturated carbocycles. The lowest BCUT2D eigenvalue weighted by Gasteiger charge is -2.64. The fourth-order valence-corrected chi connectivity index (χ4v) is 6.74. The highest BCUT2D eigenvalue weighted by Crippen LogP contribution is 2.65. The summed E-state index contributed by atoms with van der Waals surface area (Å²) in [5.41, 5.74) is 0.776. The number of aliphatic hydroxyl groups is 1. The maximum absolute atomic E-state index is 12.2. The number of nitrogens with one attached hydrogen (secondary N) is 1. The lowest BCUT2D eigenvalue weighted by molar-refractivity contribution is -0.191. The van der Waals surface area contributed by atoms with E-state index in [1.54, 1.807) is 6.07 Å². The first kappa shape index (κ1) is 16.2. The Balaban J connectivity index is 1.54. The third kappa shape index (κ3) is 1.86. The predicted octanol–water partition coefficient (Wildman–Crippen LogP) is 1.07. The van der Waals surface area contributed by atoms with E-state index in [9.17, 15) is 15.0 Å². The molecule has 0 aromatic heterocycles. The minimum atomic E-state index is -0.877. The summed E-state index contributed by atoms with van der Waals surface area (Å²) in [4.78, 5) is 13.7. The number of phenolic OH excluding ortho intramolecular Hbond substituents is 1. The minimum absolute atomic E-state index is 0.0816. The van der Waals surface area contributed by atoms with Gasteiger partial charge < -0.3 is 20.3 Å². The van der Waals surface area contributed by atoms with Gasteiger partial charge in [0.25, 0.3) is 0 Å². The van der Waals surface area contributed by atoms with E-state index in [0.29, 0.717) is 18.6 Å². The van der Waals surface area contributed by atoms with Crippen molar-refractivity contribution < 1.29 is 19.7 Å². The first-order valence-corrected chi connectivity index (χ1v) is 10.3. The Morgan fingerprint density at radius 2 is 2.15 bits per heavy atom. The van der Waals surface area contributed by atoms with Crippen LogP contribution in [0.1, 0.15) is 43.2 Å². The Labute approximate surface area is 158 Å². The second-order valence-corrected chi connectivity index (χ2v) is 9.22. The van der Waals surface area contributed by atoms with Gasteiger partial charge in [0, 0.05) is 18.2 Å². The standard InChI is InChI=1S/C21H26N2O4/c24-11-22-14-5-6-21(26)16-9-13-3-4-15(25)18-17(13)20(21,19(14)27-18)7-8-23(16)10-12-1-2-12/h3-4,11-12,14,16,19,25-26H,1-2,5-10H2,(H,22,24)/t14-,16+,19-,20-,21+/m0/s1. The average molecular weight is 370 g/mol. The molecule has 144 valence electrons. The van der Waals surface area contributed by atoms with Crippen molar-refractivity contribution in [2.45, 2.75) is 67.7 Å². The van der Waals surface area contributed by atoms with Crippen LogP contribution in [0.25, 0.3) is 0 Å². The first-order valence-electron chi connectivity index (χ1n) is 10.3. The van der Waals surface area contributed by atoms with Crippen molar-refractivity contribution in [2.24, 2.45) is 5.92 Å². The average Bonchev–Trinajstić information content (AvgIpc) is 3.39. The zero-order chi connectivity index (χ0) is 18.4. The van der Waals surface area contributed by atoms with Gasteiger partial charge in [0.2, 0.25) is 6.41 Å². The number of likely N-dealkylation sites (tertiary alicyclic amines) is 1. The number of benzene rings is 1. The fraction of sp³-hybridized carbons (Fsp3) is 0.667. The zero-order valence-electron chi connectivity index (χ0n) is 15.4. The molecule has 5 atom stereocenters. The summed E-state index contributed by atoms with van der Waals surface area (Å²) in [5.74, 6) is 1.45. The van der Waals surface area contributed by atoms with Crippen molar-refractivity contribution >= 4 is 6.41 Å². The molecule has 2 bridgehead atoms. The molecule has 2 aliphatic heterocycles. The van der Waals surface area contributed by atoms with Crippen LogP contribution >= 0.6 is 0 Å². The van der Waals surface area contributed by atoms with E-state index in [0.717, 1.165) is 43.8 Å². The van der Waals surface area contributed by atoms with Gasteiger partial charge in [-0.15, -0.1) is 0 Å². The SMILES string of the molecule is O=CN[C@H]1CC[C@@]2(O)[C@H]3Cc4ccc(O)c5c4[C@@]2(CCN3CC2CC2)[C@H]1O5. The number of carbonyl (C=O) groups is 1. The number of hydrogen-bond acceptors (Lipinski definition) is 5. The number of phenols is 1. The molecule has 27 heavy (non-hydrogen) atoms. The topological polar surface area (TPSA) is 82.0 Å². The number of ether oxygens (including phenoxy) is 1. The number of piperidine rings is 1. The molecule has 3 aliphatic carbocycles. The van der Waals surface area contributed by atoms with Gasteiger partial charge in [-0.3, -0.25) is 9.69 Å². The van der Waals surface area contributed by atoms with Crippen LogP contribution in [0.5, 0.6) is 11.5 Å². The number of hydrogen-bond donors (Lipinski definition) is 3. The summed E-state index contributed by atoms with van der Waals surface area (Å²) in [5, 5.41) is 25.6. The number of rotatable bonds is 4. The molecule has 1 saturated heterocycles. The summed E-state index contributed by atoms with van der Waals surface area (Å²) in [7, 11) is 0. The largest absolute Gasteiger partial charge is 0.504 e. The Kier molecular flexibility index (Phi) is 3.10. The van der Waals surface area contributed by atoms with Gasteiger partial charge in [0.05, 0.1) is 17.1 Å². The zero-order valence-corrected chi connectivity index (χ0v) is 15.4. The van der Waals surface area contributed by atoms with Crippen molar-refractivity contribution in [3.8, 4) is 11.5 Å². The normalized spacial score (nSPS) is 41.6. The van der Waals surface area contributed by atoms with E-state index in [4.69, 9.17) is 4.74 Å². The predicted molar refractivity (Wildman–Crippen MR) is 97.8 cm³/mol. The number of amides is 1. The highest BCUT2D eigenvalue weighted by molar-refractivity contribution is 5.63. The number of carbonyl (C=O) groups excluding carboxylic acids is 1. The Morgan fingerprint density at radius 3 is 2.93 bits per heavy atom. The molecule has 6 heteroatoms. The molecule has 2 heterocycles. The molecular weight excluding hydrogens is 344 g/mol. The summed E-state index contributed by atoms with van der Waals surface area (Å²) < 4.78 is 6.32. The monoisotopic (exact) mass is 370 g/mol. The molecule has 5 aliphatic rings. The van der Waals surface area contributed by atoms with Crippen LogP contribution in [0, 0.1) is 5.92 Å². The molecule has 0 radical (unpaired) electrons. The minimum Gasteiger partial charge on any atom is -0.504 e. The third-order valence-electron chi connectivity index (χ3n) is 8.04.